The molecule has 0 unspecified atom stereocenters. The summed E-state index contributed by atoms with van der Waals surface area (Å²) in [7, 11) is 0. The molecule has 1 amide bonds. The minimum Gasteiger partial charge on any atom is -0.349 e. The van der Waals surface area contributed by atoms with Gasteiger partial charge < -0.3 is 5.32 Å². The van der Waals surface area contributed by atoms with E-state index in [0.717, 1.165) is 26.1 Å². The summed E-state index contributed by atoms with van der Waals surface area (Å²) >= 11 is 1.51. The van der Waals surface area contributed by atoms with Gasteiger partial charge in [-0.15, -0.1) is 11.3 Å². The van der Waals surface area contributed by atoms with Crippen molar-refractivity contribution in [3.05, 3.63) is 72.1 Å². The molecule has 1 N–H and O–H groups in total. The van der Waals surface area contributed by atoms with E-state index in [4.69, 9.17) is 0 Å². The standard InChI is InChI=1S/C19H16N4OS/c24-19(18-11-15-3-1-2-4-17(15)25-18)21-9-10-23-13-16(12-22-23)14-5-7-20-8-6-14/h1-8,11-13H,9-10H2,(H,21,24). The van der Waals surface area contributed by atoms with Crippen LogP contribution in [0.4, 0.5) is 0 Å². The van der Waals surface area contributed by atoms with Crippen LogP contribution >= 0.6 is 11.3 Å². The van der Waals surface area contributed by atoms with Gasteiger partial charge in [-0.05, 0) is 35.2 Å². The van der Waals surface area contributed by atoms with E-state index in [1.54, 1.807) is 12.4 Å². The molecule has 1 aromatic carbocycles. The number of hydrogen-bond donors (Lipinski definition) is 1. The molecule has 4 rings (SSSR count). The average Bonchev–Trinajstić information content (AvgIpc) is 3.29. The highest BCUT2D eigenvalue weighted by molar-refractivity contribution is 7.20. The van der Waals surface area contributed by atoms with Crippen LogP contribution in [0, 0.1) is 0 Å². The Morgan fingerprint density at radius 3 is 2.80 bits per heavy atom. The summed E-state index contributed by atoms with van der Waals surface area (Å²) in [5.74, 6) is -0.0392. The third-order valence-corrected chi connectivity index (χ3v) is 5.04. The van der Waals surface area contributed by atoms with Gasteiger partial charge in [0, 0.05) is 35.4 Å². The van der Waals surface area contributed by atoms with E-state index >= 15 is 0 Å². The van der Waals surface area contributed by atoms with E-state index < -0.39 is 0 Å². The van der Waals surface area contributed by atoms with Gasteiger partial charge in [0.2, 0.25) is 0 Å². The molecular formula is C19H16N4OS. The molecule has 0 aliphatic rings. The lowest BCUT2D eigenvalue weighted by Crippen LogP contribution is -2.26. The molecule has 0 saturated carbocycles. The van der Waals surface area contributed by atoms with Crippen molar-refractivity contribution in [3.8, 4) is 11.1 Å². The summed E-state index contributed by atoms with van der Waals surface area (Å²) in [5, 5.41) is 8.41. The van der Waals surface area contributed by atoms with Crippen LogP contribution in [0.2, 0.25) is 0 Å². The fourth-order valence-corrected chi connectivity index (χ4v) is 3.62. The second-order valence-electron chi connectivity index (χ2n) is 5.63. The molecule has 0 atom stereocenters. The largest absolute Gasteiger partial charge is 0.349 e. The molecule has 0 spiro atoms. The minimum atomic E-state index is -0.0392. The molecule has 3 aromatic heterocycles. The number of thiophene rings is 1. The third kappa shape index (κ3) is 3.44. The monoisotopic (exact) mass is 348 g/mol. The predicted octanol–water partition coefficient (Wildman–Crippen LogP) is 3.59. The van der Waals surface area contributed by atoms with Crippen molar-refractivity contribution >= 4 is 27.3 Å². The number of benzene rings is 1. The lowest BCUT2D eigenvalue weighted by atomic mass is 10.1. The zero-order valence-electron chi connectivity index (χ0n) is 13.4. The SMILES string of the molecule is O=C(NCCn1cc(-c2ccncc2)cn1)c1cc2ccccc2s1. The normalized spacial score (nSPS) is 10.9. The van der Waals surface area contributed by atoms with Crippen molar-refractivity contribution in [2.24, 2.45) is 0 Å². The Labute approximate surface area is 149 Å². The number of aromatic nitrogens is 3. The molecule has 0 saturated heterocycles. The zero-order valence-corrected chi connectivity index (χ0v) is 14.2. The van der Waals surface area contributed by atoms with Gasteiger partial charge in [-0.25, -0.2) is 0 Å². The van der Waals surface area contributed by atoms with Crippen LogP contribution in [-0.4, -0.2) is 27.2 Å². The number of carbonyl (C=O) groups is 1. The van der Waals surface area contributed by atoms with Crippen molar-refractivity contribution < 1.29 is 4.79 Å². The van der Waals surface area contributed by atoms with Crippen molar-refractivity contribution in [3.63, 3.8) is 0 Å². The molecule has 0 radical (unpaired) electrons. The maximum Gasteiger partial charge on any atom is 0.261 e. The van der Waals surface area contributed by atoms with E-state index in [0.29, 0.717) is 13.1 Å². The van der Waals surface area contributed by atoms with Gasteiger partial charge in [0.05, 0.1) is 17.6 Å². The summed E-state index contributed by atoms with van der Waals surface area (Å²) in [6.07, 6.45) is 7.32. The van der Waals surface area contributed by atoms with Crippen LogP contribution in [0.5, 0.6) is 0 Å². The molecular weight excluding hydrogens is 332 g/mol. The first kappa shape index (κ1) is 15.5. The first-order valence-corrected chi connectivity index (χ1v) is 8.81. The maximum absolute atomic E-state index is 12.3. The molecule has 25 heavy (non-hydrogen) atoms. The lowest BCUT2D eigenvalue weighted by molar-refractivity contribution is 0.0956. The van der Waals surface area contributed by atoms with E-state index in [2.05, 4.69) is 15.4 Å². The molecule has 3 heterocycles. The van der Waals surface area contributed by atoms with Crippen LogP contribution in [-0.2, 0) is 6.54 Å². The number of pyridine rings is 1. The van der Waals surface area contributed by atoms with Gasteiger partial charge in [0.1, 0.15) is 0 Å². The molecule has 4 aromatic rings. The van der Waals surface area contributed by atoms with Crippen molar-refractivity contribution in [1.29, 1.82) is 0 Å². The first-order valence-electron chi connectivity index (χ1n) is 7.99. The van der Waals surface area contributed by atoms with Crippen LogP contribution in [0.15, 0.2) is 67.3 Å². The highest BCUT2D eigenvalue weighted by Gasteiger charge is 2.09. The Hall–Kier alpha value is -2.99. The van der Waals surface area contributed by atoms with E-state index in [1.807, 2.05) is 59.5 Å². The summed E-state index contributed by atoms with van der Waals surface area (Å²) in [4.78, 5) is 17.0. The highest BCUT2D eigenvalue weighted by atomic mass is 32.1. The number of amides is 1. The molecule has 0 bridgehead atoms. The first-order chi connectivity index (χ1) is 12.3. The third-order valence-electron chi connectivity index (χ3n) is 3.92. The molecule has 5 nitrogen and oxygen atoms in total. The van der Waals surface area contributed by atoms with Crippen LogP contribution in [0.25, 0.3) is 21.2 Å². The molecule has 0 aliphatic carbocycles. The lowest BCUT2D eigenvalue weighted by Gasteiger charge is -2.03. The Kier molecular flexibility index (Phi) is 4.26. The number of nitrogens with one attached hydrogen (secondary N) is 1. The number of carbonyl (C=O) groups excluding carboxylic acids is 1. The number of nitrogens with zero attached hydrogens (tertiary/aromatic N) is 3. The number of fused-ring (bicyclic) bond motifs is 1. The van der Waals surface area contributed by atoms with Crippen molar-refractivity contribution in [1.82, 2.24) is 20.1 Å². The Balaban J connectivity index is 1.36. The molecule has 6 heteroatoms. The predicted molar refractivity (Wildman–Crippen MR) is 99.6 cm³/mol. The second-order valence-corrected chi connectivity index (χ2v) is 6.72. The summed E-state index contributed by atoms with van der Waals surface area (Å²) < 4.78 is 2.96. The zero-order chi connectivity index (χ0) is 17.1. The Morgan fingerprint density at radius 2 is 1.96 bits per heavy atom. The fourth-order valence-electron chi connectivity index (χ4n) is 2.64. The maximum atomic E-state index is 12.3. The van der Waals surface area contributed by atoms with Crippen LogP contribution < -0.4 is 5.32 Å². The second kappa shape index (κ2) is 6.86. The molecule has 124 valence electrons. The van der Waals surface area contributed by atoms with Crippen molar-refractivity contribution in [2.75, 3.05) is 6.54 Å². The number of rotatable bonds is 5. The van der Waals surface area contributed by atoms with Gasteiger partial charge in [-0.2, -0.15) is 5.10 Å². The van der Waals surface area contributed by atoms with Gasteiger partial charge in [0.25, 0.3) is 5.91 Å². The fraction of sp³-hybridized carbons (Fsp3) is 0.105. The van der Waals surface area contributed by atoms with Crippen LogP contribution in [0.1, 0.15) is 9.67 Å². The van der Waals surface area contributed by atoms with Gasteiger partial charge in [0.15, 0.2) is 0 Å². The summed E-state index contributed by atoms with van der Waals surface area (Å²) in [5.41, 5.74) is 2.12. The number of hydrogen-bond acceptors (Lipinski definition) is 4. The van der Waals surface area contributed by atoms with Crippen molar-refractivity contribution in [2.45, 2.75) is 6.54 Å². The molecule has 0 aliphatic heterocycles. The van der Waals surface area contributed by atoms with Gasteiger partial charge in [-0.3, -0.25) is 14.5 Å². The quantitative estimate of drug-likeness (QED) is 0.599. The smallest absolute Gasteiger partial charge is 0.261 e. The highest BCUT2D eigenvalue weighted by Crippen LogP contribution is 2.25. The summed E-state index contributed by atoms with van der Waals surface area (Å²) in [6, 6.07) is 13.8. The molecule has 0 fully saturated rings. The van der Waals surface area contributed by atoms with E-state index in [1.165, 1.54) is 11.3 Å². The Morgan fingerprint density at radius 1 is 1.12 bits per heavy atom. The summed E-state index contributed by atoms with van der Waals surface area (Å²) in [6.45, 7) is 1.16. The minimum absolute atomic E-state index is 0.0392. The average molecular weight is 348 g/mol. The van der Waals surface area contributed by atoms with Crippen LogP contribution in [0.3, 0.4) is 0 Å². The van der Waals surface area contributed by atoms with E-state index in [9.17, 15) is 4.79 Å². The Bertz CT molecular complexity index is 973. The van der Waals surface area contributed by atoms with E-state index in [-0.39, 0.29) is 5.91 Å². The topological polar surface area (TPSA) is 59.8 Å². The van der Waals surface area contributed by atoms with Gasteiger partial charge >= 0.3 is 0 Å². The van der Waals surface area contributed by atoms with Gasteiger partial charge in [-0.1, -0.05) is 18.2 Å².